The Bertz CT molecular complexity index is 433. The molecule has 0 saturated heterocycles. The van der Waals surface area contributed by atoms with Crippen molar-refractivity contribution in [2.75, 3.05) is 5.73 Å². The molecule has 0 aromatic carbocycles. The fourth-order valence-electron chi connectivity index (χ4n) is 1.33. The number of pyridine rings is 1. The van der Waals surface area contributed by atoms with Crippen molar-refractivity contribution in [1.29, 1.82) is 0 Å². The van der Waals surface area contributed by atoms with Crippen LogP contribution in [0.2, 0.25) is 5.15 Å². The molecule has 0 saturated carbocycles. The fourth-order valence-corrected chi connectivity index (χ4v) is 1.59. The number of nitrogens with zero attached hydrogens (tertiary/aromatic N) is 2. The van der Waals surface area contributed by atoms with Crippen LogP contribution in [0.15, 0.2) is 18.5 Å². The van der Waals surface area contributed by atoms with Crippen molar-refractivity contribution in [2.45, 2.75) is 0 Å². The summed E-state index contributed by atoms with van der Waals surface area (Å²) >= 11 is 5.87. The first-order chi connectivity index (χ1) is 5.70. The average Bonchev–Trinajstić information content (AvgIpc) is 2.29. The number of hydrogen-bond acceptors (Lipinski definition) is 2. The molecule has 0 unspecified atom stereocenters. The van der Waals surface area contributed by atoms with Gasteiger partial charge in [-0.2, -0.15) is 0 Å². The van der Waals surface area contributed by atoms with Crippen molar-refractivity contribution < 1.29 is 0 Å². The van der Waals surface area contributed by atoms with Gasteiger partial charge in [-0.3, -0.25) is 0 Å². The van der Waals surface area contributed by atoms with Crippen molar-refractivity contribution in [1.82, 2.24) is 9.55 Å². The molecule has 2 N–H and O–H groups in total. The van der Waals surface area contributed by atoms with Gasteiger partial charge in [-0.1, -0.05) is 11.6 Å². The van der Waals surface area contributed by atoms with Gasteiger partial charge in [0.05, 0.1) is 16.6 Å². The summed E-state index contributed by atoms with van der Waals surface area (Å²) in [6.07, 6.45) is 3.50. The van der Waals surface area contributed by atoms with Gasteiger partial charge in [-0.25, -0.2) is 4.98 Å². The van der Waals surface area contributed by atoms with Gasteiger partial charge < -0.3 is 10.3 Å². The molecule has 0 aliphatic carbocycles. The molecule has 0 radical (unpaired) electrons. The van der Waals surface area contributed by atoms with Gasteiger partial charge in [-0.15, -0.1) is 0 Å². The quantitative estimate of drug-likeness (QED) is 0.630. The van der Waals surface area contributed by atoms with Crippen LogP contribution in [0.25, 0.3) is 10.9 Å². The molecule has 0 fully saturated rings. The number of rotatable bonds is 0. The average molecular weight is 182 g/mol. The number of aryl methyl sites for hydroxylation is 1. The van der Waals surface area contributed by atoms with Crippen LogP contribution in [0.3, 0.4) is 0 Å². The van der Waals surface area contributed by atoms with E-state index >= 15 is 0 Å². The van der Waals surface area contributed by atoms with Crippen LogP contribution in [-0.4, -0.2) is 9.55 Å². The van der Waals surface area contributed by atoms with Crippen LogP contribution in [0, 0.1) is 0 Å². The Morgan fingerprint density at radius 2 is 2.33 bits per heavy atom. The normalized spacial score (nSPS) is 10.8. The predicted octanol–water partition coefficient (Wildman–Crippen LogP) is 1.81. The first kappa shape index (κ1) is 7.43. The molecule has 0 amide bonds. The molecule has 2 aromatic rings. The van der Waals surface area contributed by atoms with Gasteiger partial charge >= 0.3 is 0 Å². The number of anilines is 1. The van der Waals surface area contributed by atoms with Crippen LogP contribution < -0.4 is 5.73 Å². The van der Waals surface area contributed by atoms with E-state index in [0.29, 0.717) is 10.8 Å². The standard InChI is InChI=1S/C8H8ClN3/c1-12-4-5(10)7-6(12)2-3-11-8(7)9/h2-4H,10H2,1H3. The van der Waals surface area contributed by atoms with Crippen molar-refractivity contribution in [3.63, 3.8) is 0 Å². The van der Waals surface area contributed by atoms with E-state index < -0.39 is 0 Å². The molecule has 0 aliphatic rings. The maximum atomic E-state index is 5.87. The zero-order chi connectivity index (χ0) is 8.72. The van der Waals surface area contributed by atoms with Crippen LogP contribution in [0.5, 0.6) is 0 Å². The second kappa shape index (κ2) is 2.38. The van der Waals surface area contributed by atoms with E-state index in [0.717, 1.165) is 10.9 Å². The summed E-state index contributed by atoms with van der Waals surface area (Å²) in [6, 6.07) is 1.89. The lowest BCUT2D eigenvalue weighted by molar-refractivity contribution is 0.969. The van der Waals surface area contributed by atoms with Gasteiger partial charge in [0.2, 0.25) is 0 Å². The Labute approximate surface area is 74.8 Å². The minimum atomic E-state index is 0.464. The molecule has 0 spiro atoms. The third kappa shape index (κ3) is 0.865. The zero-order valence-electron chi connectivity index (χ0n) is 6.58. The minimum absolute atomic E-state index is 0.464. The molecule has 3 nitrogen and oxygen atoms in total. The topological polar surface area (TPSA) is 43.8 Å². The number of aromatic nitrogens is 2. The highest BCUT2D eigenvalue weighted by Crippen LogP contribution is 2.27. The maximum Gasteiger partial charge on any atom is 0.140 e. The first-order valence-corrected chi connectivity index (χ1v) is 3.93. The summed E-state index contributed by atoms with van der Waals surface area (Å²) in [5.74, 6) is 0. The van der Waals surface area contributed by atoms with Crippen LogP contribution in [-0.2, 0) is 7.05 Å². The lowest BCUT2D eigenvalue weighted by Crippen LogP contribution is -1.83. The largest absolute Gasteiger partial charge is 0.397 e. The number of fused-ring (bicyclic) bond motifs is 1. The summed E-state index contributed by atoms with van der Waals surface area (Å²) in [6.45, 7) is 0. The second-order valence-electron chi connectivity index (χ2n) is 2.69. The number of nitrogen functional groups attached to an aromatic ring is 1. The fraction of sp³-hybridized carbons (Fsp3) is 0.125. The highest BCUT2D eigenvalue weighted by molar-refractivity contribution is 6.35. The molecule has 2 aromatic heterocycles. The molecule has 0 bridgehead atoms. The zero-order valence-corrected chi connectivity index (χ0v) is 7.34. The number of halogens is 1. The lowest BCUT2D eigenvalue weighted by Gasteiger charge is -1.95. The summed E-state index contributed by atoms with van der Waals surface area (Å²) in [4.78, 5) is 3.95. The third-order valence-corrected chi connectivity index (χ3v) is 2.17. The summed E-state index contributed by atoms with van der Waals surface area (Å²) < 4.78 is 1.93. The molecule has 4 heteroatoms. The van der Waals surface area contributed by atoms with Gasteiger partial charge in [-0.05, 0) is 6.07 Å². The van der Waals surface area contributed by atoms with E-state index in [1.807, 2.05) is 23.9 Å². The molecule has 2 heterocycles. The monoisotopic (exact) mass is 181 g/mol. The van der Waals surface area contributed by atoms with Gasteiger partial charge in [0.1, 0.15) is 5.15 Å². The van der Waals surface area contributed by atoms with E-state index in [1.54, 1.807) is 6.20 Å². The first-order valence-electron chi connectivity index (χ1n) is 3.55. The highest BCUT2D eigenvalue weighted by Gasteiger charge is 2.06. The Morgan fingerprint density at radius 1 is 1.58 bits per heavy atom. The van der Waals surface area contributed by atoms with E-state index in [9.17, 15) is 0 Å². The second-order valence-corrected chi connectivity index (χ2v) is 3.05. The smallest absolute Gasteiger partial charge is 0.140 e. The predicted molar refractivity (Wildman–Crippen MR) is 50.1 cm³/mol. The highest BCUT2D eigenvalue weighted by atomic mass is 35.5. The summed E-state index contributed by atoms with van der Waals surface area (Å²) in [5, 5.41) is 1.30. The number of nitrogens with two attached hydrogens (primary N) is 1. The van der Waals surface area contributed by atoms with E-state index in [1.165, 1.54) is 0 Å². The Kier molecular flexibility index (Phi) is 1.48. The van der Waals surface area contributed by atoms with E-state index in [-0.39, 0.29) is 0 Å². The third-order valence-electron chi connectivity index (χ3n) is 1.88. The van der Waals surface area contributed by atoms with Crippen LogP contribution in [0.1, 0.15) is 0 Å². The molecular formula is C8H8ClN3. The Morgan fingerprint density at radius 3 is 3.00 bits per heavy atom. The van der Waals surface area contributed by atoms with Gasteiger partial charge in [0, 0.05) is 19.4 Å². The van der Waals surface area contributed by atoms with Crippen LogP contribution in [0.4, 0.5) is 5.69 Å². The SMILES string of the molecule is Cn1cc(N)c2c(Cl)nccc21. The molecule has 2 rings (SSSR count). The molecule has 12 heavy (non-hydrogen) atoms. The molecule has 62 valence electrons. The van der Waals surface area contributed by atoms with Crippen molar-refractivity contribution in [3.8, 4) is 0 Å². The minimum Gasteiger partial charge on any atom is -0.397 e. The summed E-state index contributed by atoms with van der Waals surface area (Å²) in [5.41, 5.74) is 7.41. The van der Waals surface area contributed by atoms with Crippen molar-refractivity contribution >= 4 is 28.2 Å². The maximum absolute atomic E-state index is 5.87. The Hall–Kier alpha value is -1.22. The van der Waals surface area contributed by atoms with Crippen LogP contribution >= 0.6 is 11.6 Å². The van der Waals surface area contributed by atoms with E-state index in [4.69, 9.17) is 17.3 Å². The Balaban J connectivity index is 2.99. The van der Waals surface area contributed by atoms with E-state index in [2.05, 4.69) is 4.98 Å². The van der Waals surface area contributed by atoms with Crippen molar-refractivity contribution in [3.05, 3.63) is 23.6 Å². The van der Waals surface area contributed by atoms with Gasteiger partial charge in [0.25, 0.3) is 0 Å². The molecule has 0 atom stereocenters. The lowest BCUT2D eigenvalue weighted by atomic mass is 10.3. The number of hydrogen-bond donors (Lipinski definition) is 1. The molecule has 0 aliphatic heterocycles. The summed E-state index contributed by atoms with van der Waals surface area (Å²) in [7, 11) is 1.93. The molecular weight excluding hydrogens is 174 g/mol. The van der Waals surface area contributed by atoms with Gasteiger partial charge in [0.15, 0.2) is 0 Å². The van der Waals surface area contributed by atoms with Crippen molar-refractivity contribution in [2.24, 2.45) is 7.05 Å².